The molecule has 27 heavy (non-hydrogen) atoms. The second kappa shape index (κ2) is 8.20. The molecule has 0 bridgehead atoms. The normalized spacial score (nSPS) is 15.6. The molecule has 9 nitrogen and oxygen atoms in total. The fraction of sp³-hybridized carbons (Fsp3) is 0.278. The molecule has 2 N–H and O–H groups in total. The van der Waals surface area contributed by atoms with Crippen molar-refractivity contribution in [2.24, 2.45) is 0 Å². The van der Waals surface area contributed by atoms with Crippen LogP contribution in [0.25, 0.3) is 16.9 Å². The maximum Gasteiger partial charge on any atom is 0.373 e. The van der Waals surface area contributed by atoms with Crippen LogP contribution < -0.4 is 10.6 Å². The Morgan fingerprint density at radius 3 is 2.78 bits per heavy atom. The molecule has 0 saturated carbocycles. The molecule has 1 atom stereocenters. The molecule has 1 amide bonds. The fourth-order valence-electron chi connectivity index (χ4n) is 2.94. The number of hydrogen-bond donors (Lipinski definition) is 2. The van der Waals surface area contributed by atoms with Crippen LogP contribution in [0.5, 0.6) is 0 Å². The van der Waals surface area contributed by atoms with E-state index in [1.54, 1.807) is 6.33 Å². The first-order valence-corrected chi connectivity index (χ1v) is 8.47. The first-order chi connectivity index (χ1) is 13.2. The lowest BCUT2D eigenvalue weighted by atomic mass is 10.2. The average molecular weight is 366 g/mol. The van der Waals surface area contributed by atoms with E-state index >= 15 is 0 Å². The zero-order valence-corrected chi connectivity index (χ0v) is 14.7. The summed E-state index contributed by atoms with van der Waals surface area (Å²) in [6.45, 7) is 2.68. The Hall–Kier alpha value is -3.58. The van der Waals surface area contributed by atoms with Crippen molar-refractivity contribution in [1.82, 2.24) is 24.8 Å². The van der Waals surface area contributed by atoms with Gasteiger partial charge in [-0.15, -0.1) is 0 Å². The smallest absolute Gasteiger partial charge is 0.354 e. The van der Waals surface area contributed by atoms with Crippen molar-refractivity contribution in [2.75, 3.05) is 11.9 Å². The number of para-hydroxylation sites is 2. The Morgan fingerprint density at radius 1 is 1.30 bits per heavy atom. The second-order valence-corrected chi connectivity index (χ2v) is 5.93. The van der Waals surface area contributed by atoms with Gasteiger partial charge in [0.05, 0.1) is 17.1 Å². The molecule has 0 aliphatic carbocycles. The number of aryl methyl sites for hydroxylation is 1. The molecule has 1 aliphatic rings. The van der Waals surface area contributed by atoms with Gasteiger partial charge in [-0.25, -0.2) is 9.97 Å². The summed E-state index contributed by atoms with van der Waals surface area (Å²) >= 11 is 0. The van der Waals surface area contributed by atoms with Crippen LogP contribution in [-0.4, -0.2) is 44.2 Å². The molecule has 138 valence electrons. The molecule has 1 unspecified atom stereocenters. The zero-order chi connectivity index (χ0) is 19.2. The number of nitrogens with one attached hydrogen (secondary N) is 2. The highest BCUT2D eigenvalue weighted by molar-refractivity contribution is 5.79. The summed E-state index contributed by atoms with van der Waals surface area (Å²) in [6.07, 6.45) is 5.15. The van der Waals surface area contributed by atoms with Crippen molar-refractivity contribution in [2.45, 2.75) is 25.8 Å². The van der Waals surface area contributed by atoms with Crippen molar-refractivity contribution >= 4 is 29.0 Å². The molecule has 3 aromatic rings. The van der Waals surface area contributed by atoms with Crippen molar-refractivity contribution < 1.29 is 14.4 Å². The third kappa shape index (κ3) is 3.99. The molecule has 1 aliphatic heterocycles. The number of amides is 1. The number of benzene rings is 1. The predicted octanol–water partition coefficient (Wildman–Crippen LogP) is 1.09. The second-order valence-electron chi connectivity index (χ2n) is 5.93. The molecule has 4 rings (SSSR count). The molecule has 1 saturated heterocycles. The Labute approximate surface area is 154 Å². The van der Waals surface area contributed by atoms with E-state index in [4.69, 9.17) is 9.59 Å². The number of anilines is 1. The lowest BCUT2D eigenvalue weighted by Gasteiger charge is -2.14. The molecule has 1 aromatic carbocycles. The van der Waals surface area contributed by atoms with Gasteiger partial charge in [0.2, 0.25) is 11.9 Å². The average Bonchev–Trinajstić information content (AvgIpc) is 3.28. The van der Waals surface area contributed by atoms with E-state index in [-0.39, 0.29) is 18.1 Å². The number of nitrogens with zero attached hydrogens (tertiary/aromatic N) is 4. The van der Waals surface area contributed by atoms with Crippen molar-refractivity contribution in [1.29, 1.82) is 0 Å². The lowest BCUT2D eigenvalue weighted by molar-refractivity contribution is -0.191. The highest BCUT2D eigenvalue weighted by Crippen LogP contribution is 2.21. The maximum absolute atomic E-state index is 11.3. The maximum atomic E-state index is 11.3. The van der Waals surface area contributed by atoms with Crippen LogP contribution in [0.1, 0.15) is 18.9 Å². The van der Waals surface area contributed by atoms with Gasteiger partial charge in [0.25, 0.3) is 0 Å². The van der Waals surface area contributed by atoms with Gasteiger partial charge in [-0.1, -0.05) is 19.1 Å². The fourth-order valence-corrected chi connectivity index (χ4v) is 2.94. The SMILES string of the molecule is CCc1cnc(NC2CNC(=O)C2)nc1-n1cnc2ccccc21.O=C=O. The van der Waals surface area contributed by atoms with Gasteiger partial charge in [0.15, 0.2) is 0 Å². The van der Waals surface area contributed by atoms with Crippen LogP contribution >= 0.6 is 0 Å². The summed E-state index contributed by atoms with van der Waals surface area (Å²) < 4.78 is 1.99. The third-order valence-electron chi connectivity index (χ3n) is 4.21. The van der Waals surface area contributed by atoms with E-state index in [0.717, 1.165) is 28.8 Å². The first kappa shape index (κ1) is 18.2. The lowest BCUT2D eigenvalue weighted by Crippen LogP contribution is -2.24. The van der Waals surface area contributed by atoms with Gasteiger partial charge in [-0.3, -0.25) is 9.36 Å². The molecule has 1 fully saturated rings. The Bertz CT molecular complexity index is 994. The van der Waals surface area contributed by atoms with Crippen LogP contribution in [0.2, 0.25) is 0 Å². The van der Waals surface area contributed by atoms with Crippen LogP contribution in [0.4, 0.5) is 5.95 Å². The molecular formula is C18H18N6O3. The standard InChI is InChI=1S/C17H18N6O.CO2/c1-2-11-8-19-17(21-12-7-15(24)18-9-12)22-16(11)23-10-20-13-5-3-4-6-14(13)23;2-1-3/h3-6,8,10,12H,2,7,9H2,1H3,(H,18,24)(H,19,21,22);. The minimum Gasteiger partial charge on any atom is -0.354 e. The summed E-state index contributed by atoms with van der Waals surface area (Å²) in [5.41, 5.74) is 2.98. The number of aromatic nitrogens is 4. The number of carbonyl (C=O) groups excluding carboxylic acids is 3. The molecule has 0 spiro atoms. The summed E-state index contributed by atoms with van der Waals surface area (Å²) in [5.74, 6) is 1.40. The highest BCUT2D eigenvalue weighted by Gasteiger charge is 2.22. The molecule has 2 aromatic heterocycles. The highest BCUT2D eigenvalue weighted by atomic mass is 16.2. The Kier molecular flexibility index (Phi) is 5.53. The van der Waals surface area contributed by atoms with Crippen molar-refractivity contribution in [3.8, 4) is 5.82 Å². The van der Waals surface area contributed by atoms with E-state index in [9.17, 15) is 4.79 Å². The minimum atomic E-state index is 0.0253. The summed E-state index contributed by atoms with van der Waals surface area (Å²) in [5, 5.41) is 6.04. The largest absolute Gasteiger partial charge is 0.373 e. The first-order valence-electron chi connectivity index (χ1n) is 8.47. The van der Waals surface area contributed by atoms with Crippen LogP contribution in [0.3, 0.4) is 0 Å². The molecule has 3 heterocycles. The Balaban J connectivity index is 0.000000659. The van der Waals surface area contributed by atoms with Gasteiger partial charge < -0.3 is 10.6 Å². The number of carbonyl (C=O) groups is 1. The van der Waals surface area contributed by atoms with E-state index in [1.807, 2.05) is 35.0 Å². The summed E-state index contributed by atoms with van der Waals surface area (Å²) in [7, 11) is 0. The predicted molar refractivity (Wildman–Crippen MR) is 96.1 cm³/mol. The van der Waals surface area contributed by atoms with Gasteiger partial charge in [-0.05, 0) is 18.6 Å². The monoisotopic (exact) mass is 366 g/mol. The van der Waals surface area contributed by atoms with Crippen molar-refractivity contribution in [3.63, 3.8) is 0 Å². The summed E-state index contributed by atoms with van der Waals surface area (Å²) in [4.78, 5) is 41.1. The number of imidazole rings is 1. The zero-order valence-electron chi connectivity index (χ0n) is 14.7. The van der Waals surface area contributed by atoms with Gasteiger partial charge in [0, 0.05) is 24.7 Å². The molecule has 0 radical (unpaired) electrons. The topological polar surface area (TPSA) is 119 Å². The molecule has 9 heteroatoms. The number of fused-ring (bicyclic) bond motifs is 1. The third-order valence-corrected chi connectivity index (χ3v) is 4.21. The quantitative estimate of drug-likeness (QED) is 0.709. The van der Waals surface area contributed by atoms with E-state index in [0.29, 0.717) is 18.9 Å². The Morgan fingerprint density at radius 2 is 2.07 bits per heavy atom. The van der Waals surface area contributed by atoms with Gasteiger partial charge in [0.1, 0.15) is 12.1 Å². The van der Waals surface area contributed by atoms with Crippen LogP contribution in [0, 0.1) is 0 Å². The number of hydrogen-bond acceptors (Lipinski definition) is 7. The van der Waals surface area contributed by atoms with Gasteiger partial charge >= 0.3 is 6.15 Å². The van der Waals surface area contributed by atoms with Crippen LogP contribution in [0.15, 0.2) is 36.8 Å². The van der Waals surface area contributed by atoms with Crippen molar-refractivity contribution in [3.05, 3.63) is 42.4 Å². The number of rotatable bonds is 4. The molecular weight excluding hydrogens is 348 g/mol. The van der Waals surface area contributed by atoms with E-state index in [2.05, 4.69) is 32.5 Å². The minimum absolute atomic E-state index is 0.0253. The van der Waals surface area contributed by atoms with E-state index < -0.39 is 0 Å². The van der Waals surface area contributed by atoms with Gasteiger partial charge in [-0.2, -0.15) is 14.6 Å². The van der Waals surface area contributed by atoms with Crippen LogP contribution in [-0.2, 0) is 20.8 Å². The summed E-state index contributed by atoms with van der Waals surface area (Å²) in [6, 6.07) is 7.99. The van der Waals surface area contributed by atoms with E-state index in [1.165, 1.54) is 0 Å².